The molecule has 0 atom stereocenters. The number of fused-ring (bicyclic) bond motifs is 1. The molecule has 2 aliphatic heterocycles. The molecule has 2 aromatic heterocycles. The van der Waals surface area contributed by atoms with Gasteiger partial charge in [-0.25, -0.2) is 15.0 Å². The fraction of sp³-hybridized carbons (Fsp3) is 0.542. The van der Waals surface area contributed by atoms with Gasteiger partial charge in [-0.05, 0) is 38.8 Å². The SMILES string of the molecule is CCc1ccccc1-c1nc2c(N3CCN(C)CC3)nc(C)nc2n1C1CCOCC1. The topological polar surface area (TPSA) is 59.3 Å². The number of piperazine rings is 1. The van der Waals surface area contributed by atoms with Crippen molar-refractivity contribution in [2.45, 2.75) is 39.2 Å². The molecule has 0 spiro atoms. The van der Waals surface area contributed by atoms with E-state index >= 15 is 0 Å². The highest BCUT2D eigenvalue weighted by Gasteiger charge is 2.28. The van der Waals surface area contributed by atoms with E-state index in [2.05, 4.69) is 52.6 Å². The molecule has 0 aliphatic carbocycles. The van der Waals surface area contributed by atoms with Crippen LogP contribution in [0.5, 0.6) is 0 Å². The maximum Gasteiger partial charge on any atom is 0.166 e. The van der Waals surface area contributed by atoms with Crippen molar-refractivity contribution in [3.05, 3.63) is 35.7 Å². The van der Waals surface area contributed by atoms with Crippen LogP contribution in [0.1, 0.15) is 37.2 Å². The Kier molecular flexibility index (Phi) is 5.63. The molecule has 0 radical (unpaired) electrons. The second-order valence-electron chi connectivity index (χ2n) is 8.72. The van der Waals surface area contributed by atoms with Crippen LogP contribution in [0, 0.1) is 6.92 Å². The molecule has 7 heteroatoms. The molecule has 2 aliphatic rings. The van der Waals surface area contributed by atoms with Gasteiger partial charge in [-0.2, -0.15) is 0 Å². The summed E-state index contributed by atoms with van der Waals surface area (Å²) in [5.74, 6) is 2.82. The number of anilines is 1. The van der Waals surface area contributed by atoms with Crippen LogP contribution < -0.4 is 4.90 Å². The summed E-state index contributed by atoms with van der Waals surface area (Å²) >= 11 is 0. The van der Waals surface area contributed by atoms with Gasteiger partial charge >= 0.3 is 0 Å². The molecule has 2 saturated heterocycles. The summed E-state index contributed by atoms with van der Waals surface area (Å²) in [5, 5.41) is 0. The van der Waals surface area contributed by atoms with E-state index in [1.165, 1.54) is 11.1 Å². The third kappa shape index (κ3) is 3.81. The van der Waals surface area contributed by atoms with Crippen molar-refractivity contribution >= 4 is 17.0 Å². The quantitative estimate of drug-likeness (QED) is 0.644. The van der Waals surface area contributed by atoms with E-state index in [1.54, 1.807) is 0 Å². The van der Waals surface area contributed by atoms with Gasteiger partial charge in [-0.1, -0.05) is 31.2 Å². The van der Waals surface area contributed by atoms with E-state index in [-0.39, 0.29) is 0 Å². The minimum atomic E-state index is 0.341. The molecule has 5 rings (SSSR count). The van der Waals surface area contributed by atoms with Crippen LogP contribution in [0.15, 0.2) is 24.3 Å². The van der Waals surface area contributed by atoms with E-state index in [4.69, 9.17) is 19.7 Å². The zero-order chi connectivity index (χ0) is 21.4. The standard InChI is InChI=1S/C24H32N6O/c1-4-18-7-5-6-8-20(18)22-27-21-23(29-13-11-28(3)12-14-29)25-17(2)26-24(21)30(22)19-9-15-31-16-10-19/h5-8,19H,4,9-16H2,1-3H3. The number of rotatable bonds is 4. The van der Waals surface area contributed by atoms with Crippen molar-refractivity contribution in [1.29, 1.82) is 0 Å². The van der Waals surface area contributed by atoms with Crippen molar-refractivity contribution in [1.82, 2.24) is 24.4 Å². The first-order chi connectivity index (χ1) is 15.2. The Bertz CT molecular complexity index is 1060. The van der Waals surface area contributed by atoms with Gasteiger partial charge in [0, 0.05) is 51.0 Å². The summed E-state index contributed by atoms with van der Waals surface area (Å²) in [6.45, 7) is 9.79. The molecule has 0 N–H and O–H groups in total. The normalized spacial score (nSPS) is 18.7. The highest BCUT2D eigenvalue weighted by molar-refractivity contribution is 5.88. The number of hydrogen-bond donors (Lipinski definition) is 0. The summed E-state index contributed by atoms with van der Waals surface area (Å²) in [6, 6.07) is 8.98. The Morgan fingerprint density at radius 2 is 1.74 bits per heavy atom. The molecule has 31 heavy (non-hydrogen) atoms. The first-order valence-corrected chi connectivity index (χ1v) is 11.5. The number of ether oxygens (including phenoxy) is 1. The molecule has 0 amide bonds. The molecule has 3 aromatic rings. The molecular weight excluding hydrogens is 388 g/mol. The lowest BCUT2D eigenvalue weighted by Crippen LogP contribution is -2.45. The maximum absolute atomic E-state index is 5.67. The maximum atomic E-state index is 5.67. The fourth-order valence-electron chi connectivity index (χ4n) is 4.83. The summed E-state index contributed by atoms with van der Waals surface area (Å²) in [4.78, 5) is 19.8. The Hall–Kier alpha value is -2.51. The fourth-order valence-corrected chi connectivity index (χ4v) is 4.83. The number of benzene rings is 1. The van der Waals surface area contributed by atoms with E-state index in [1.807, 2.05) is 6.92 Å². The van der Waals surface area contributed by atoms with Crippen molar-refractivity contribution in [2.75, 3.05) is 51.3 Å². The smallest absolute Gasteiger partial charge is 0.166 e. The van der Waals surface area contributed by atoms with Gasteiger partial charge in [0.15, 0.2) is 17.0 Å². The van der Waals surface area contributed by atoms with Gasteiger partial charge in [0.1, 0.15) is 11.6 Å². The van der Waals surface area contributed by atoms with Crippen molar-refractivity contribution in [3.63, 3.8) is 0 Å². The van der Waals surface area contributed by atoms with Crippen LogP contribution in [0.2, 0.25) is 0 Å². The Morgan fingerprint density at radius 3 is 2.48 bits per heavy atom. The van der Waals surface area contributed by atoms with E-state index in [9.17, 15) is 0 Å². The molecule has 4 heterocycles. The Labute approximate surface area is 184 Å². The van der Waals surface area contributed by atoms with Gasteiger partial charge in [-0.3, -0.25) is 0 Å². The molecule has 1 aromatic carbocycles. The lowest BCUT2D eigenvalue weighted by Gasteiger charge is -2.33. The molecule has 0 bridgehead atoms. The summed E-state index contributed by atoms with van der Waals surface area (Å²) in [5.41, 5.74) is 4.42. The summed E-state index contributed by atoms with van der Waals surface area (Å²) in [6.07, 6.45) is 2.95. The van der Waals surface area contributed by atoms with Crippen molar-refractivity contribution in [3.8, 4) is 11.4 Å². The predicted molar refractivity (Wildman–Crippen MR) is 124 cm³/mol. The molecule has 164 valence electrons. The minimum absolute atomic E-state index is 0.341. The van der Waals surface area contributed by atoms with Gasteiger partial charge < -0.3 is 19.1 Å². The molecule has 7 nitrogen and oxygen atoms in total. The first kappa shape index (κ1) is 20.4. The van der Waals surface area contributed by atoms with Crippen molar-refractivity contribution in [2.24, 2.45) is 0 Å². The Balaban J connectivity index is 1.72. The highest BCUT2D eigenvalue weighted by atomic mass is 16.5. The first-order valence-electron chi connectivity index (χ1n) is 11.5. The van der Waals surface area contributed by atoms with Crippen molar-refractivity contribution < 1.29 is 4.74 Å². The highest BCUT2D eigenvalue weighted by Crippen LogP contribution is 2.36. The average Bonchev–Trinajstić information content (AvgIpc) is 3.18. The molecule has 0 saturated carbocycles. The lowest BCUT2D eigenvalue weighted by atomic mass is 10.0. The van der Waals surface area contributed by atoms with Crippen LogP contribution >= 0.6 is 0 Å². The third-order valence-electron chi connectivity index (χ3n) is 6.63. The van der Waals surface area contributed by atoms with Crippen LogP contribution in [0.4, 0.5) is 5.82 Å². The number of nitrogens with zero attached hydrogens (tertiary/aromatic N) is 6. The van der Waals surface area contributed by atoms with E-state index in [0.29, 0.717) is 6.04 Å². The predicted octanol–water partition coefficient (Wildman–Crippen LogP) is 3.47. The number of likely N-dealkylation sites (N-methyl/N-ethyl adjacent to an activating group) is 1. The average molecular weight is 421 g/mol. The number of hydrogen-bond acceptors (Lipinski definition) is 6. The van der Waals surface area contributed by atoms with Crippen LogP contribution in [0.3, 0.4) is 0 Å². The van der Waals surface area contributed by atoms with Gasteiger partial charge in [0.05, 0.1) is 0 Å². The van der Waals surface area contributed by atoms with E-state index in [0.717, 1.165) is 87.3 Å². The number of aryl methyl sites for hydroxylation is 2. The monoisotopic (exact) mass is 420 g/mol. The van der Waals surface area contributed by atoms with Gasteiger partial charge in [-0.15, -0.1) is 0 Å². The lowest BCUT2D eigenvalue weighted by molar-refractivity contribution is 0.0708. The van der Waals surface area contributed by atoms with E-state index < -0.39 is 0 Å². The third-order valence-corrected chi connectivity index (χ3v) is 6.63. The number of aromatic nitrogens is 4. The minimum Gasteiger partial charge on any atom is -0.381 e. The second-order valence-corrected chi connectivity index (χ2v) is 8.72. The van der Waals surface area contributed by atoms with Crippen LogP contribution in [-0.2, 0) is 11.2 Å². The zero-order valence-electron chi connectivity index (χ0n) is 18.8. The summed E-state index contributed by atoms with van der Waals surface area (Å²) in [7, 11) is 2.18. The zero-order valence-corrected chi connectivity index (χ0v) is 18.8. The molecular formula is C24H32N6O. The van der Waals surface area contributed by atoms with Crippen LogP contribution in [0.25, 0.3) is 22.6 Å². The Morgan fingerprint density at radius 1 is 1.00 bits per heavy atom. The summed E-state index contributed by atoms with van der Waals surface area (Å²) < 4.78 is 8.06. The molecule has 0 unspecified atom stereocenters. The molecule has 2 fully saturated rings. The second kappa shape index (κ2) is 8.55. The van der Waals surface area contributed by atoms with Gasteiger partial charge in [0.2, 0.25) is 0 Å². The largest absolute Gasteiger partial charge is 0.381 e. The van der Waals surface area contributed by atoms with Gasteiger partial charge in [0.25, 0.3) is 0 Å². The number of imidazole rings is 1. The van der Waals surface area contributed by atoms with Crippen LogP contribution in [-0.4, -0.2) is 70.9 Å².